The number of hydrogen-bond acceptors (Lipinski definition) is 12. The highest BCUT2D eigenvalue weighted by molar-refractivity contribution is 7.48. The average Bonchev–Trinajstić information content (AvgIpc) is 3.77. The van der Waals surface area contributed by atoms with E-state index >= 15 is 0 Å². The van der Waals surface area contributed by atoms with Gasteiger partial charge in [0, 0.05) is 36.4 Å². The molecule has 4 heterocycles. The van der Waals surface area contributed by atoms with Crippen LogP contribution in [0, 0.1) is 13.8 Å². The zero-order valence-corrected chi connectivity index (χ0v) is 36.5. The van der Waals surface area contributed by atoms with Crippen molar-refractivity contribution in [3.63, 3.8) is 0 Å². The Kier molecular flexibility index (Phi) is 21.5. The van der Waals surface area contributed by atoms with Gasteiger partial charge in [0.15, 0.2) is 0 Å². The fourth-order valence-electron chi connectivity index (χ4n) is 7.65. The summed E-state index contributed by atoms with van der Waals surface area (Å²) < 4.78 is 45.2. The van der Waals surface area contributed by atoms with Crippen LogP contribution in [-0.4, -0.2) is 73.6 Å². The molecule has 0 aliphatic carbocycles. The molecule has 2 aromatic heterocycles. The lowest BCUT2D eigenvalue weighted by atomic mass is 10.0. The molecule has 6 atom stereocenters. The van der Waals surface area contributed by atoms with Crippen molar-refractivity contribution in [1.82, 2.24) is 19.1 Å². The number of aromatic nitrogens is 4. The topological polar surface area (TPSA) is 213 Å². The van der Waals surface area contributed by atoms with Crippen molar-refractivity contribution >= 4 is 7.82 Å². The standard InChI is InChI=1S/C42H71N4O12P/c1-4-5-6-7-8-9-10-11-12-13-14-15-16-17-18-19-20-21-22-23-24-54-59(53,55-29-35-33(47)25-37(57-35)45-27-31(2)39(49)43-41(45)51)56-30-36-34(48)26-38(58-36)46-28-32(3)40(50)44-42(46)52/h27-28,33-38,47-48H,4-26,29-30H2,1-3H3,(H,43,49,51)(H,44,50,52). The second kappa shape index (κ2) is 25.9. The summed E-state index contributed by atoms with van der Waals surface area (Å²) in [5.74, 6) is 0. The third-order valence-electron chi connectivity index (χ3n) is 11.4. The van der Waals surface area contributed by atoms with E-state index in [1.807, 2.05) is 0 Å². The fraction of sp³-hybridized carbons (Fsp3) is 0.810. The minimum atomic E-state index is -4.32. The van der Waals surface area contributed by atoms with Gasteiger partial charge in [-0.1, -0.05) is 129 Å². The van der Waals surface area contributed by atoms with E-state index in [2.05, 4.69) is 16.9 Å². The van der Waals surface area contributed by atoms with Gasteiger partial charge in [0.1, 0.15) is 24.7 Å². The lowest BCUT2D eigenvalue weighted by Gasteiger charge is -2.23. The molecule has 17 heteroatoms. The lowest BCUT2D eigenvalue weighted by molar-refractivity contribution is -0.0608. The van der Waals surface area contributed by atoms with E-state index in [4.69, 9.17) is 23.0 Å². The molecule has 2 aromatic rings. The van der Waals surface area contributed by atoms with Crippen LogP contribution in [0.4, 0.5) is 0 Å². The SMILES string of the molecule is CCCCCCCCCCCCCCCCCCCCCCOP(=O)(OCC1OC(n2cc(C)c(=O)[nH]c2=O)CC1O)OCC1OC(n2cc(C)c(=O)[nH]c2=O)CC1O. The summed E-state index contributed by atoms with van der Waals surface area (Å²) in [6, 6.07) is 0. The van der Waals surface area contributed by atoms with Crippen LogP contribution in [0.25, 0.3) is 0 Å². The number of aromatic amines is 2. The van der Waals surface area contributed by atoms with Crippen LogP contribution in [-0.2, 0) is 27.6 Å². The number of phosphoric ester groups is 1. The number of ether oxygens (including phenoxy) is 2. The number of aryl methyl sites for hydroxylation is 2. The summed E-state index contributed by atoms with van der Waals surface area (Å²) in [4.78, 5) is 53.0. The molecule has 2 aliphatic rings. The van der Waals surface area contributed by atoms with Gasteiger partial charge in [0.2, 0.25) is 0 Å². The highest BCUT2D eigenvalue weighted by Gasteiger charge is 2.41. The van der Waals surface area contributed by atoms with E-state index in [0.29, 0.717) is 6.42 Å². The molecular formula is C42H71N4O12P. The van der Waals surface area contributed by atoms with Crippen molar-refractivity contribution in [2.75, 3.05) is 19.8 Å². The smallest absolute Gasteiger partial charge is 0.390 e. The number of aliphatic hydroxyl groups excluding tert-OH is 2. The Hall–Kier alpha value is -2.69. The molecule has 0 aromatic carbocycles. The van der Waals surface area contributed by atoms with Gasteiger partial charge < -0.3 is 19.7 Å². The fourth-order valence-corrected chi connectivity index (χ4v) is 8.88. The number of aliphatic hydroxyl groups is 2. The Balaban J connectivity index is 1.17. The number of nitrogens with one attached hydrogen (secondary N) is 2. The van der Waals surface area contributed by atoms with Crippen LogP contribution < -0.4 is 22.5 Å². The van der Waals surface area contributed by atoms with E-state index in [0.717, 1.165) is 19.3 Å². The monoisotopic (exact) mass is 854 g/mol. The number of hydrogen-bond donors (Lipinski definition) is 4. The van der Waals surface area contributed by atoms with E-state index in [9.17, 15) is 34.0 Å². The molecule has 0 amide bonds. The predicted octanol–water partition coefficient (Wildman–Crippen LogP) is 6.98. The maximum absolute atomic E-state index is 14.0. The Bertz CT molecular complexity index is 1710. The Morgan fingerprint density at radius 3 is 1.29 bits per heavy atom. The van der Waals surface area contributed by atoms with E-state index in [1.165, 1.54) is 124 Å². The highest BCUT2D eigenvalue weighted by Crippen LogP contribution is 2.51. The number of nitrogens with zero attached hydrogens (tertiary/aromatic N) is 2. The minimum absolute atomic E-state index is 0.0118. The van der Waals surface area contributed by atoms with Crippen molar-refractivity contribution in [3.8, 4) is 0 Å². The molecule has 0 saturated carbocycles. The van der Waals surface area contributed by atoms with Crippen molar-refractivity contribution in [2.45, 2.75) is 199 Å². The molecule has 16 nitrogen and oxygen atoms in total. The quantitative estimate of drug-likeness (QED) is 0.0463. The number of H-pyrrole nitrogens is 2. The van der Waals surface area contributed by atoms with Crippen LogP contribution in [0.15, 0.2) is 31.6 Å². The first kappa shape index (κ1) is 49.0. The summed E-state index contributed by atoms with van der Waals surface area (Å²) in [7, 11) is -4.32. The van der Waals surface area contributed by atoms with Gasteiger partial charge in [-0.05, 0) is 20.3 Å². The third kappa shape index (κ3) is 16.6. The molecule has 0 radical (unpaired) electrons. The van der Waals surface area contributed by atoms with Crippen LogP contribution in [0.5, 0.6) is 0 Å². The molecule has 2 saturated heterocycles. The molecule has 4 rings (SSSR count). The zero-order valence-electron chi connectivity index (χ0n) is 35.6. The van der Waals surface area contributed by atoms with Gasteiger partial charge >= 0.3 is 19.2 Å². The van der Waals surface area contributed by atoms with E-state index in [1.54, 1.807) is 13.8 Å². The second-order valence-corrected chi connectivity index (χ2v) is 18.1. The highest BCUT2D eigenvalue weighted by atomic mass is 31.2. The normalized spacial score (nSPS) is 22.9. The predicted molar refractivity (Wildman–Crippen MR) is 225 cm³/mol. The molecule has 336 valence electrons. The van der Waals surface area contributed by atoms with Crippen molar-refractivity contribution < 1.29 is 37.8 Å². The molecular weight excluding hydrogens is 783 g/mol. The van der Waals surface area contributed by atoms with Gasteiger partial charge in [-0.2, -0.15) is 0 Å². The van der Waals surface area contributed by atoms with Gasteiger partial charge in [-0.3, -0.25) is 42.3 Å². The maximum atomic E-state index is 14.0. The first-order chi connectivity index (χ1) is 28.4. The molecule has 0 spiro atoms. The molecule has 0 bridgehead atoms. The van der Waals surface area contributed by atoms with Crippen molar-refractivity contribution in [2.24, 2.45) is 0 Å². The second-order valence-electron chi connectivity index (χ2n) is 16.4. The summed E-state index contributed by atoms with van der Waals surface area (Å²) in [5.41, 5.74) is -1.86. The Morgan fingerprint density at radius 2 is 0.932 bits per heavy atom. The van der Waals surface area contributed by atoms with Crippen molar-refractivity contribution in [1.29, 1.82) is 0 Å². The Labute approximate surface area is 348 Å². The van der Waals surface area contributed by atoms with Crippen molar-refractivity contribution in [3.05, 3.63) is 65.2 Å². The van der Waals surface area contributed by atoms with E-state index in [-0.39, 0.29) is 30.6 Å². The van der Waals surface area contributed by atoms with Gasteiger partial charge in [-0.15, -0.1) is 0 Å². The average molecular weight is 855 g/mol. The first-order valence-corrected chi connectivity index (χ1v) is 23.7. The lowest BCUT2D eigenvalue weighted by Crippen LogP contribution is -2.33. The molecule has 2 aliphatic heterocycles. The van der Waals surface area contributed by atoms with E-state index < -0.39 is 80.4 Å². The summed E-state index contributed by atoms with van der Waals surface area (Å²) >= 11 is 0. The number of unbranched alkanes of at least 4 members (excludes halogenated alkanes) is 19. The summed E-state index contributed by atoms with van der Waals surface area (Å²) in [5, 5.41) is 21.5. The maximum Gasteiger partial charge on any atom is 0.474 e. The Morgan fingerprint density at radius 1 is 0.593 bits per heavy atom. The summed E-state index contributed by atoms with van der Waals surface area (Å²) in [6.07, 6.45) is 21.7. The van der Waals surface area contributed by atoms with Gasteiger partial charge in [0.05, 0.1) is 32.0 Å². The zero-order chi connectivity index (χ0) is 42.6. The number of rotatable bonds is 30. The molecule has 4 N–H and O–H groups in total. The molecule has 6 unspecified atom stereocenters. The minimum Gasteiger partial charge on any atom is -0.390 e. The van der Waals surface area contributed by atoms with Crippen LogP contribution >= 0.6 is 7.82 Å². The molecule has 59 heavy (non-hydrogen) atoms. The van der Waals surface area contributed by atoms with Crippen LogP contribution in [0.1, 0.15) is 172 Å². The van der Waals surface area contributed by atoms with Gasteiger partial charge in [0.25, 0.3) is 11.1 Å². The van der Waals surface area contributed by atoms with Crippen LogP contribution in [0.2, 0.25) is 0 Å². The first-order valence-electron chi connectivity index (χ1n) is 22.3. The molecule has 2 fully saturated rings. The van der Waals surface area contributed by atoms with Gasteiger partial charge in [-0.25, -0.2) is 14.2 Å². The van der Waals surface area contributed by atoms with Crippen LogP contribution in [0.3, 0.4) is 0 Å². The summed E-state index contributed by atoms with van der Waals surface area (Å²) in [6.45, 7) is 4.60. The largest absolute Gasteiger partial charge is 0.474 e. The third-order valence-corrected chi connectivity index (χ3v) is 12.8. The number of phosphoric acid groups is 1.